The average Bonchev–Trinajstić information content (AvgIpc) is 2.81. The van der Waals surface area contributed by atoms with Crippen molar-refractivity contribution in [2.45, 2.75) is 25.7 Å². The van der Waals surface area contributed by atoms with Crippen LogP contribution in [0.1, 0.15) is 25.7 Å². The fraction of sp³-hybridized carbons (Fsp3) is 0.545. The predicted octanol–water partition coefficient (Wildman–Crippen LogP) is 2.99. The highest BCUT2D eigenvalue weighted by molar-refractivity contribution is 6.33. The number of halogens is 1. The lowest BCUT2D eigenvalue weighted by Crippen LogP contribution is -2.37. The summed E-state index contributed by atoms with van der Waals surface area (Å²) in [6, 6.07) is 1.77. The first-order valence-electron chi connectivity index (χ1n) is 10.9. The second kappa shape index (κ2) is 10.3. The van der Waals surface area contributed by atoms with Crippen molar-refractivity contribution in [2.24, 2.45) is 11.8 Å². The van der Waals surface area contributed by atoms with Gasteiger partial charge < -0.3 is 20.3 Å². The molecule has 4 rings (SSSR count). The van der Waals surface area contributed by atoms with Gasteiger partial charge in [-0.1, -0.05) is 11.6 Å². The van der Waals surface area contributed by atoms with Crippen molar-refractivity contribution in [3.05, 3.63) is 29.7 Å². The van der Waals surface area contributed by atoms with E-state index < -0.39 is 0 Å². The molecule has 2 fully saturated rings. The van der Waals surface area contributed by atoms with Crippen LogP contribution in [0, 0.1) is 11.8 Å². The molecule has 4 heterocycles. The third-order valence-electron chi connectivity index (χ3n) is 5.94. The van der Waals surface area contributed by atoms with Gasteiger partial charge in [0, 0.05) is 45.1 Å². The number of hydrogen-bond acceptors (Lipinski definition) is 7. The molecule has 0 aliphatic carbocycles. The maximum absolute atomic E-state index is 12.6. The van der Waals surface area contributed by atoms with Crippen molar-refractivity contribution in [2.75, 3.05) is 50.1 Å². The molecule has 0 radical (unpaired) electrons. The Labute approximate surface area is 187 Å². The second-order valence-corrected chi connectivity index (χ2v) is 8.69. The van der Waals surface area contributed by atoms with Crippen LogP contribution in [0.5, 0.6) is 0 Å². The fourth-order valence-electron chi connectivity index (χ4n) is 4.09. The van der Waals surface area contributed by atoms with Crippen molar-refractivity contribution < 1.29 is 9.53 Å². The zero-order valence-corrected chi connectivity index (χ0v) is 18.6. The normalized spacial score (nSPS) is 19.7. The Hall–Kier alpha value is -2.29. The first-order chi connectivity index (χ1) is 15.1. The Morgan fingerprint density at radius 3 is 2.90 bits per heavy atom. The number of carbonyl (C=O) groups excluding carboxylic acids is 1. The number of nitrogens with zero attached hydrogens (tertiary/aromatic N) is 4. The highest BCUT2D eigenvalue weighted by Gasteiger charge is 2.22. The van der Waals surface area contributed by atoms with E-state index in [1.54, 1.807) is 24.7 Å². The van der Waals surface area contributed by atoms with Gasteiger partial charge in [-0.15, -0.1) is 0 Å². The standard InChI is InChI=1S/C22H29ClN6O2/c1-29(14-15-4-7-31-8-5-15)21-13-25-12-19(27-21)17-9-20(26-11-18(17)23)28-22(30)16-3-2-6-24-10-16/h9,11-13,15-16,24H,2-8,10,14H2,1H3,(H,26,28,30)/t16-/m1/s1. The largest absolute Gasteiger partial charge is 0.381 e. The average molecular weight is 445 g/mol. The van der Waals surface area contributed by atoms with Crippen molar-refractivity contribution in [1.29, 1.82) is 0 Å². The van der Waals surface area contributed by atoms with Gasteiger partial charge in [-0.2, -0.15) is 0 Å². The van der Waals surface area contributed by atoms with E-state index in [1.807, 2.05) is 7.05 Å². The number of ether oxygens (including phenoxy) is 1. The Kier molecular flexibility index (Phi) is 7.32. The fourth-order valence-corrected chi connectivity index (χ4v) is 4.29. The minimum absolute atomic E-state index is 0.0241. The Morgan fingerprint density at radius 1 is 1.29 bits per heavy atom. The van der Waals surface area contributed by atoms with E-state index >= 15 is 0 Å². The molecule has 2 saturated heterocycles. The van der Waals surface area contributed by atoms with Gasteiger partial charge in [-0.3, -0.25) is 9.78 Å². The Balaban J connectivity index is 1.48. The molecule has 1 atom stereocenters. The quantitative estimate of drug-likeness (QED) is 0.707. The zero-order chi connectivity index (χ0) is 21.6. The summed E-state index contributed by atoms with van der Waals surface area (Å²) < 4.78 is 5.45. The van der Waals surface area contributed by atoms with E-state index in [4.69, 9.17) is 21.3 Å². The summed E-state index contributed by atoms with van der Waals surface area (Å²) in [5, 5.41) is 6.65. The van der Waals surface area contributed by atoms with Gasteiger partial charge in [-0.05, 0) is 44.2 Å². The molecule has 2 aromatic heterocycles. The smallest absolute Gasteiger partial charge is 0.229 e. The number of hydrogen-bond donors (Lipinski definition) is 2. The van der Waals surface area contributed by atoms with Crippen LogP contribution in [-0.4, -0.2) is 60.8 Å². The lowest BCUT2D eigenvalue weighted by Gasteiger charge is -2.27. The minimum atomic E-state index is -0.0448. The van der Waals surface area contributed by atoms with Crippen LogP contribution >= 0.6 is 11.6 Å². The van der Waals surface area contributed by atoms with Gasteiger partial charge in [0.2, 0.25) is 5.91 Å². The summed E-state index contributed by atoms with van der Waals surface area (Å²) in [5.41, 5.74) is 1.35. The molecule has 1 amide bonds. The van der Waals surface area contributed by atoms with E-state index in [1.165, 1.54) is 0 Å². The zero-order valence-electron chi connectivity index (χ0n) is 17.8. The molecule has 31 heavy (non-hydrogen) atoms. The molecule has 166 valence electrons. The van der Waals surface area contributed by atoms with Crippen molar-refractivity contribution in [1.82, 2.24) is 20.3 Å². The van der Waals surface area contributed by atoms with Crippen molar-refractivity contribution in [3.63, 3.8) is 0 Å². The molecule has 0 saturated carbocycles. The SMILES string of the molecule is CN(CC1CCOCC1)c1cncc(-c2cc(NC(=O)[C@@H]3CCCNC3)ncc2Cl)n1. The first-order valence-corrected chi connectivity index (χ1v) is 11.3. The van der Waals surface area contributed by atoms with Crippen molar-refractivity contribution >= 4 is 29.1 Å². The second-order valence-electron chi connectivity index (χ2n) is 8.28. The Bertz CT molecular complexity index is 899. The van der Waals surface area contributed by atoms with Gasteiger partial charge in [0.25, 0.3) is 0 Å². The van der Waals surface area contributed by atoms with Gasteiger partial charge in [0.15, 0.2) is 0 Å². The van der Waals surface area contributed by atoms with Crippen LogP contribution in [0.3, 0.4) is 0 Å². The molecular formula is C22H29ClN6O2. The molecule has 2 aromatic rings. The highest BCUT2D eigenvalue weighted by Crippen LogP contribution is 2.29. The number of anilines is 2. The number of amides is 1. The van der Waals surface area contributed by atoms with Crippen LogP contribution in [0.25, 0.3) is 11.3 Å². The molecule has 9 heteroatoms. The topological polar surface area (TPSA) is 92.3 Å². The van der Waals surface area contributed by atoms with E-state index in [0.29, 0.717) is 34.6 Å². The maximum Gasteiger partial charge on any atom is 0.229 e. The van der Waals surface area contributed by atoms with Crippen LogP contribution in [0.2, 0.25) is 5.02 Å². The van der Waals surface area contributed by atoms with Gasteiger partial charge >= 0.3 is 0 Å². The monoisotopic (exact) mass is 444 g/mol. The number of pyridine rings is 1. The minimum Gasteiger partial charge on any atom is -0.381 e. The summed E-state index contributed by atoms with van der Waals surface area (Å²) in [6.07, 6.45) is 9.00. The molecule has 0 unspecified atom stereocenters. The van der Waals surface area contributed by atoms with Gasteiger partial charge in [0.05, 0.1) is 29.0 Å². The Morgan fingerprint density at radius 2 is 2.13 bits per heavy atom. The van der Waals surface area contributed by atoms with Gasteiger partial charge in [0.1, 0.15) is 11.6 Å². The molecule has 0 spiro atoms. The molecule has 0 bridgehead atoms. The van der Waals surface area contributed by atoms with E-state index in [9.17, 15) is 4.79 Å². The maximum atomic E-state index is 12.6. The van der Waals surface area contributed by atoms with Crippen LogP contribution in [-0.2, 0) is 9.53 Å². The van der Waals surface area contributed by atoms with Crippen LogP contribution in [0.4, 0.5) is 11.6 Å². The number of aromatic nitrogens is 3. The first kappa shape index (κ1) is 21.9. The third-order valence-corrected chi connectivity index (χ3v) is 6.24. The number of carbonyl (C=O) groups is 1. The molecule has 2 N–H and O–H groups in total. The molecule has 0 aromatic carbocycles. The van der Waals surface area contributed by atoms with Crippen LogP contribution < -0.4 is 15.5 Å². The molecule has 2 aliphatic heterocycles. The summed E-state index contributed by atoms with van der Waals surface area (Å²) in [7, 11) is 2.03. The number of nitrogens with one attached hydrogen (secondary N) is 2. The van der Waals surface area contributed by atoms with Gasteiger partial charge in [-0.25, -0.2) is 9.97 Å². The van der Waals surface area contributed by atoms with E-state index in [-0.39, 0.29) is 11.8 Å². The number of piperidine rings is 1. The van der Waals surface area contributed by atoms with E-state index in [2.05, 4.69) is 25.5 Å². The molecule has 2 aliphatic rings. The highest BCUT2D eigenvalue weighted by atomic mass is 35.5. The van der Waals surface area contributed by atoms with Crippen LogP contribution in [0.15, 0.2) is 24.7 Å². The lowest BCUT2D eigenvalue weighted by molar-refractivity contribution is -0.120. The number of rotatable bonds is 6. The van der Waals surface area contributed by atoms with E-state index in [0.717, 1.165) is 57.8 Å². The molecule has 8 nitrogen and oxygen atoms in total. The van der Waals surface area contributed by atoms with Crippen molar-refractivity contribution in [3.8, 4) is 11.3 Å². The predicted molar refractivity (Wildman–Crippen MR) is 121 cm³/mol. The molecular weight excluding hydrogens is 416 g/mol. The summed E-state index contributed by atoms with van der Waals surface area (Å²) in [4.78, 5) is 28.1. The summed E-state index contributed by atoms with van der Waals surface area (Å²) in [5.74, 6) is 1.78. The summed E-state index contributed by atoms with van der Waals surface area (Å²) >= 11 is 6.42. The summed E-state index contributed by atoms with van der Waals surface area (Å²) in [6.45, 7) is 4.21. The third kappa shape index (κ3) is 5.70. The lowest BCUT2D eigenvalue weighted by atomic mass is 9.99.